The van der Waals surface area contributed by atoms with Crippen LogP contribution in [0, 0.1) is 12.0 Å². The monoisotopic (exact) mass is 275 g/mol. The molecule has 1 atom stereocenters. The second-order valence-electron chi connectivity index (χ2n) is 5.07. The Morgan fingerprint density at radius 1 is 1.25 bits per heavy atom. The smallest absolute Gasteiger partial charge is 0.296 e. The minimum absolute atomic E-state index is 0.151. The van der Waals surface area contributed by atoms with Gasteiger partial charge in [-0.25, -0.2) is 0 Å². The van der Waals surface area contributed by atoms with Crippen LogP contribution in [0.4, 0.5) is 8.78 Å². The first-order chi connectivity index (χ1) is 9.68. The molecule has 1 aromatic carbocycles. The minimum Gasteiger partial charge on any atom is -0.330 e. The standard InChI is InChI=1S/C14H11F2N3O/c15-12-11-10-6-3-7-18(10)13(20)8-4-1-2-5-9(8)19(11)14(16)17-12/h1-2,4-5,10H,3,6-7H2. The van der Waals surface area contributed by atoms with Crippen LogP contribution in [0.2, 0.25) is 0 Å². The van der Waals surface area contributed by atoms with Gasteiger partial charge in [0.15, 0.2) is 0 Å². The maximum absolute atomic E-state index is 14.0. The molecule has 0 spiro atoms. The first-order valence-electron chi connectivity index (χ1n) is 6.52. The van der Waals surface area contributed by atoms with E-state index in [1.165, 1.54) is 0 Å². The highest BCUT2D eigenvalue weighted by Crippen LogP contribution is 2.39. The van der Waals surface area contributed by atoms with Crippen molar-refractivity contribution in [1.82, 2.24) is 14.5 Å². The zero-order valence-corrected chi connectivity index (χ0v) is 10.5. The Hall–Kier alpha value is -2.24. The zero-order valence-electron chi connectivity index (χ0n) is 10.5. The third-order valence-electron chi connectivity index (χ3n) is 4.03. The molecule has 1 saturated heterocycles. The fraction of sp³-hybridized carbons (Fsp3) is 0.286. The van der Waals surface area contributed by atoms with Crippen molar-refractivity contribution in [2.75, 3.05) is 6.54 Å². The molecule has 2 aliphatic heterocycles. The molecule has 6 heteroatoms. The van der Waals surface area contributed by atoms with E-state index in [-0.39, 0.29) is 11.6 Å². The summed E-state index contributed by atoms with van der Waals surface area (Å²) in [5, 5.41) is 0. The number of benzene rings is 1. The number of halogens is 2. The van der Waals surface area contributed by atoms with Crippen molar-refractivity contribution in [1.29, 1.82) is 0 Å². The summed E-state index contributed by atoms with van der Waals surface area (Å²) in [5.74, 6) is -1.01. The van der Waals surface area contributed by atoms with Crippen molar-refractivity contribution in [2.45, 2.75) is 18.9 Å². The molecule has 0 saturated carbocycles. The molecule has 2 aromatic rings. The van der Waals surface area contributed by atoms with Crippen molar-refractivity contribution < 1.29 is 13.6 Å². The van der Waals surface area contributed by atoms with Crippen molar-refractivity contribution in [3.05, 3.63) is 47.5 Å². The van der Waals surface area contributed by atoms with E-state index in [2.05, 4.69) is 4.98 Å². The third kappa shape index (κ3) is 1.33. The Bertz CT molecular complexity index is 725. The van der Waals surface area contributed by atoms with Crippen molar-refractivity contribution >= 4 is 5.91 Å². The summed E-state index contributed by atoms with van der Waals surface area (Å²) in [5.41, 5.74) is 0.892. The molecule has 1 aromatic heterocycles. The molecule has 1 amide bonds. The minimum atomic E-state index is -0.911. The fourth-order valence-corrected chi connectivity index (χ4v) is 3.19. The number of para-hydroxylation sites is 1. The maximum atomic E-state index is 14.0. The third-order valence-corrected chi connectivity index (χ3v) is 4.03. The van der Waals surface area contributed by atoms with Crippen molar-refractivity contribution in [3.63, 3.8) is 0 Å². The van der Waals surface area contributed by atoms with Crippen LogP contribution in [-0.4, -0.2) is 26.9 Å². The summed E-state index contributed by atoms with van der Waals surface area (Å²) in [6.07, 6.45) is 0.499. The second kappa shape index (κ2) is 3.88. The predicted octanol–water partition coefficient (Wildman–Crippen LogP) is 2.44. The van der Waals surface area contributed by atoms with E-state index in [1.54, 1.807) is 29.2 Å². The number of aromatic nitrogens is 2. The SMILES string of the molecule is O=C1c2ccccc2-n2c(F)nc(F)c2C2CCCN12. The highest BCUT2D eigenvalue weighted by molar-refractivity contribution is 5.98. The molecule has 102 valence electrons. The van der Waals surface area contributed by atoms with Crippen LogP contribution in [0.3, 0.4) is 0 Å². The molecule has 0 N–H and O–H groups in total. The Morgan fingerprint density at radius 2 is 2.05 bits per heavy atom. The van der Waals surface area contributed by atoms with Crippen LogP contribution in [0.1, 0.15) is 34.9 Å². The van der Waals surface area contributed by atoms with Crippen LogP contribution in [-0.2, 0) is 0 Å². The van der Waals surface area contributed by atoms with Gasteiger partial charge in [-0.1, -0.05) is 12.1 Å². The van der Waals surface area contributed by atoms with Gasteiger partial charge >= 0.3 is 0 Å². The summed E-state index contributed by atoms with van der Waals surface area (Å²) >= 11 is 0. The first-order valence-corrected chi connectivity index (χ1v) is 6.52. The van der Waals surface area contributed by atoms with Gasteiger partial charge in [-0.05, 0) is 25.0 Å². The van der Waals surface area contributed by atoms with Crippen molar-refractivity contribution in [3.8, 4) is 5.69 Å². The number of rotatable bonds is 0. The van der Waals surface area contributed by atoms with Crippen LogP contribution < -0.4 is 0 Å². The molecule has 4 nitrogen and oxygen atoms in total. The maximum Gasteiger partial charge on any atom is 0.296 e. The quantitative estimate of drug-likeness (QED) is 0.740. The van der Waals surface area contributed by atoms with Crippen LogP contribution in [0.15, 0.2) is 24.3 Å². The lowest BCUT2D eigenvalue weighted by molar-refractivity contribution is 0.0736. The van der Waals surface area contributed by atoms with Gasteiger partial charge in [0, 0.05) is 6.54 Å². The summed E-state index contributed by atoms with van der Waals surface area (Å²) in [6, 6.07) is 6.23. The normalized spacial score (nSPS) is 20.4. The number of imidazole rings is 1. The number of fused-ring (bicyclic) bond motifs is 5. The average Bonchev–Trinajstić information content (AvgIpc) is 2.99. The van der Waals surface area contributed by atoms with Crippen LogP contribution in [0.25, 0.3) is 5.69 Å². The van der Waals surface area contributed by atoms with E-state index in [0.717, 1.165) is 11.0 Å². The summed E-state index contributed by atoms with van der Waals surface area (Å²) in [4.78, 5) is 17.5. The molecule has 4 rings (SSSR count). The number of hydrogen-bond donors (Lipinski definition) is 0. The predicted molar refractivity (Wildman–Crippen MR) is 66.5 cm³/mol. The van der Waals surface area contributed by atoms with Gasteiger partial charge < -0.3 is 4.90 Å². The lowest BCUT2D eigenvalue weighted by atomic mass is 10.1. The van der Waals surface area contributed by atoms with E-state index in [4.69, 9.17) is 0 Å². The van der Waals surface area contributed by atoms with Gasteiger partial charge in [-0.3, -0.25) is 9.36 Å². The van der Waals surface area contributed by atoms with Gasteiger partial charge in [0.1, 0.15) is 5.69 Å². The van der Waals surface area contributed by atoms with Gasteiger partial charge in [-0.15, -0.1) is 0 Å². The van der Waals surface area contributed by atoms with Crippen LogP contribution in [0.5, 0.6) is 0 Å². The van der Waals surface area contributed by atoms with Gasteiger partial charge in [0.05, 0.1) is 17.3 Å². The molecule has 20 heavy (non-hydrogen) atoms. The Kier molecular flexibility index (Phi) is 2.24. The highest BCUT2D eigenvalue weighted by Gasteiger charge is 2.40. The topological polar surface area (TPSA) is 38.1 Å². The number of carbonyl (C=O) groups excluding carboxylic acids is 1. The molecule has 0 bridgehead atoms. The van der Waals surface area contributed by atoms with E-state index < -0.39 is 18.1 Å². The Labute approximate surface area is 113 Å². The van der Waals surface area contributed by atoms with E-state index >= 15 is 0 Å². The number of nitrogens with zero attached hydrogens (tertiary/aromatic N) is 3. The van der Waals surface area contributed by atoms with E-state index in [0.29, 0.717) is 24.2 Å². The molecule has 0 radical (unpaired) electrons. The van der Waals surface area contributed by atoms with Crippen LogP contribution >= 0.6 is 0 Å². The Balaban J connectivity index is 2.09. The van der Waals surface area contributed by atoms with Gasteiger partial charge in [-0.2, -0.15) is 13.8 Å². The molecule has 2 aliphatic rings. The largest absolute Gasteiger partial charge is 0.330 e. The first kappa shape index (κ1) is 11.6. The average molecular weight is 275 g/mol. The van der Waals surface area contributed by atoms with Gasteiger partial charge in [0.25, 0.3) is 12.0 Å². The molecule has 0 aliphatic carbocycles. The lowest BCUT2D eigenvalue weighted by Crippen LogP contribution is -2.29. The van der Waals surface area contributed by atoms with E-state index in [1.807, 2.05) is 0 Å². The second-order valence-corrected chi connectivity index (χ2v) is 5.07. The van der Waals surface area contributed by atoms with Gasteiger partial charge in [0.2, 0.25) is 5.95 Å². The molecular weight excluding hydrogens is 264 g/mol. The summed E-state index contributed by atoms with van der Waals surface area (Å²) in [7, 11) is 0. The highest BCUT2D eigenvalue weighted by atomic mass is 19.1. The number of carbonyl (C=O) groups is 1. The summed E-state index contributed by atoms with van der Waals surface area (Å²) < 4.78 is 29.2. The lowest BCUT2D eigenvalue weighted by Gasteiger charge is -2.21. The molecule has 1 unspecified atom stereocenters. The number of hydrogen-bond acceptors (Lipinski definition) is 2. The Morgan fingerprint density at radius 3 is 2.90 bits per heavy atom. The molecule has 1 fully saturated rings. The van der Waals surface area contributed by atoms with E-state index in [9.17, 15) is 13.6 Å². The summed E-state index contributed by atoms with van der Waals surface area (Å²) in [6.45, 7) is 0.560. The molecular formula is C14H11F2N3O. The van der Waals surface area contributed by atoms with Crippen molar-refractivity contribution in [2.24, 2.45) is 0 Å². The number of amides is 1. The fourth-order valence-electron chi connectivity index (χ4n) is 3.19. The zero-order chi connectivity index (χ0) is 13.9. The molecule has 3 heterocycles.